The number of nitrogens with zero attached hydrogens (tertiary/aromatic N) is 3. The lowest BCUT2D eigenvalue weighted by Crippen LogP contribution is -2.59. The van der Waals surface area contributed by atoms with Crippen LogP contribution in [0, 0.1) is 0 Å². The molecular formula is C29H29ClN4O5. The molecule has 9 nitrogen and oxygen atoms in total. The Morgan fingerprint density at radius 1 is 1.05 bits per heavy atom. The molecule has 2 aromatic carbocycles. The lowest BCUT2D eigenvalue weighted by molar-refractivity contribution is -0.128. The van der Waals surface area contributed by atoms with E-state index in [0.29, 0.717) is 47.8 Å². The number of hydrogen-bond donors (Lipinski definition) is 1. The van der Waals surface area contributed by atoms with Crippen molar-refractivity contribution in [2.75, 3.05) is 26.8 Å². The van der Waals surface area contributed by atoms with E-state index in [1.807, 2.05) is 6.07 Å². The fourth-order valence-electron chi connectivity index (χ4n) is 5.11. The predicted molar refractivity (Wildman–Crippen MR) is 144 cm³/mol. The van der Waals surface area contributed by atoms with Gasteiger partial charge in [-0.05, 0) is 54.1 Å². The van der Waals surface area contributed by atoms with E-state index in [1.165, 1.54) is 7.11 Å². The molecule has 3 heterocycles. The molecule has 39 heavy (non-hydrogen) atoms. The fourth-order valence-corrected chi connectivity index (χ4v) is 5.23. The van der Waals surface area contributed by atoms with Gasteiger partial charge in [0.15, 0.2) is 0 Å². The zero-order chi connectivity index (χ0) is 27.4. The van der Waals surface area contributed by atoms with Gasteiger partial charge in [0.05, 0.1) is 13.7 Å². The lowest BCUT2D eigenvalue weighted by atomic mass is 9.96. The number of pyridine rings is 1. The normalized spacial score (nSPS) is 18.2. The molecule has 2 saturated heterocycles. The van der Waals surface area contributed by atoms with Gasteiger partial charge < -0.3 is 19.7 Å². The van der Waals surface area contributed by atoms with Crippen LogP contribution in [-0.4, -0.2) is 71.1 Å². The number of amides is 3. The SMILES string of the molecule is COc1cccc(C(=O)N2[C@H](C(=O)NCc3cccnc3)COC23CCN(C(=O)c2ccc(Cl)cc2)CC3)c1. The van der Waals surface area contributed by atoms with Gasteiger partial charge in [-0.15, -0.1) is 0 Å². The summed E-state index contributed by atoms with van der Waals surface area (Å²) < 4.78 is 11.6. The number of aromatic nitrogens is 1. The summed E-state index contributed by atoms with van der Waals surface area (Å²) in [5, 5.41) is 3.48. The first-order valence-corrected chi connectivity index (χ1v) is 13.1. The van der Waals surface area contributed by atoms with Gasteiger partial charge in [-0.3, -0.25) is 24.3 Å². The van der Waals surface area contributed by atoms with Crippen molar-refractivity contribution >= 4 is 29.3 Å². The third-order valence-electron chi connectivity index (χ3n) is 7.21. The Balaban J connectivity index is 1.37. The Hall–Kier alpha value is -3.95. The highest BCUT2D eigenvalue weighted by Gasteiger charge is 2.54. The summed E-state index contributed by atoms with van der Waals surface area (Å²) in [6.07, 6.45) is 4.08. The fraction of sp³-hybridized carbons (Fsp3) is 0.310. The van der Waals surface area contributed by atoms with Gasteiger partial charge in [0.25, 0.3) is 11.8 Å². The van der Waals surface area contributed by atoms with Crippen molar-refractivity contribution < 1.29 is 23.9 Å². The smallest absolute Gasteiger partial charge is 0.257 e. The number of nitrogens with one attached hydrogen (secondary N) is 1. The van der Waals surface area contributed by atoms with Crippen LogP contribution in [0.25, 0.3) is 0 Å². The van der Waals surface area contributed by atoms with Crippen molar-refractivity contribution in [1.29, 1.82) is 0 Å². The van der Waals surface area contributed by atoms with E-state index in [9.17, 15) is 14.4 Å². The molecule has 0 saturated carbocycles. The highest BCUT2D eigenvalue weighted by molar-refractivity contribution is 6.30. The maximum Gasteiger partial charge on any atom is 0.257 e. The van der Waals surface area contributed by atoms with E-state index in [0.717, 1.165) is 5.56 Å². The molecule has 5 rings (SSSR count). The monoisotopic (exact) mass is 548 g/mol. The highest BCUT2D eigenvalue weighted by Crippen LogP contribution is 2.39. The van der Waals surface area contributed by atoms with Crippen LogP contribution >= 0.6 is 11.6 Å². The second kappa shape index (κ2) is 11.4. The predicted octanol–water partition coefficient (Wildman–Crippen LogP) is 3.53. The summed E-state index contributed by atoms with van der Waals surface area (Å²) >= 11 is 5.97. The molecule has 0 radical (unpaired) electrons. The molecule has 1 N–H and O–H groups in total. The Kier molecular flexibility index (Phi) is 7.81. The van der Waals surface area contributed by atoms with Crippen LogP contribution in [0.4, 0.5) is 0 Å². The Morgan fingerprint density at radius 2 is 1.82 bits per heavy atom. The number of carbonyl (C=O) groups excluding carboxylic acids is 3. The average Bonchev–Trinajstić information content (AvgIpc) is 3.34. The number of ether oxygens (including phenoxy) is 2. The van der Waals surface area contributed by atoms with E-state index < -0.39 is 11.8 Å². The van der Waals surface area contributed by atoms with Crippen molar-refractivity contribution in [2.45, 2.75) is 31.2 Å². The number of carbonyl (C=O) groups is 3. The number of likely N-dealkylation sites (tertiary alicyclic amines) is 1. The third kappa shape index (κ3) is 5.60. The van der Waals surface area contributed by atoms with Gasteiger partial charge in [-0.25, -0.2) is 0 Å². The second-order valence-electron chi connectivity index (χ2n) is 9.56. The maximum atomic E-state index is 14.0. The number of rotatable bonds is 6. The van der Waals surface area contributed by atoms with Crippen LogP contribution in [0.3, 0.4) is 0 Å². The number of benzene rings is 2. The Morgan fingerprint density at radius 3 is 2.51 bits per heavy atom. The molecule has 2 fully saturated rings. The van der Waals surface area contributed by atoms with Gasteiger partial charge in [0, 0.05) is 61.0 Å². The number of hydrogen-bond acceptors (Lipinski definition) is 6. The highest BCUT2D eigenvalue weighted by atomic mass is 35.5. The minimum absolute atomic E-state index is 0.0553. The lowest BCUT2D eigenvalue weighted by Gasteiger charge is -2.44. The molecule has 202 valence electrons. The third-order valence-corrected chi connectivity index (χ3v) is 7.46. The number of halogens is 1. The zero-order valence-electron chi connectivity index (χ0n) is 21.5. The summed E-state index contributed by atoms with van der Waals surface area (Å²) in [6.45, 7) is 1.07. The van der Waals surface area contributed by atoms with Gasteiger partial charge >= 0.3 is 0 Å². The van der Waals surface area contributed by atoms with E-state index in [1.54, 1.807) is 76.8 Å². The minimum atomic E-state index is -1.02. The van der Waals surface area contributed by atoms with Gasteiger partial charge in [0.2, 0.25) is 5.91 Å². The molecule has 1 aromatic heterocycles. The van der Waals surface area contributed by atoms with Gasteiger partial charge in [-0.2, -0.15) is 0 Å². The summed E-state index contributed by atoms with van der Waals surface area (Å²) in [5.41, 5.74) is 0.760. The molecule has 0 aliphatic carbocycles. The van der Waals surface area contributed by atoms with Crippen LogP contribution in [-0.2, 0) is 16.1 Å². The number of methoxy groups -OCH3 is 1. The van der Waals surface area contributed by atoms with Crippen LogP contribution in [0.15, 0.2) is 73.1 Å². The molecule has 2 aliphatic rings. The van der Waals surface area contributed by atoms with Crippen molar-refractivity contribution in [3.8, 4) is 5.75 Å². The van der Waals surface area contributed by atoms with E-state index >= 15 is 0 Å². The average molecular weight is 549 g/mol. The van der Waals surface area contributed by atoms with Gasteiger partial charge in [0.1, 0.15) is 17.5 Å². The van der Waals surface area contributed by atoms with Crippen molar-refractivity contribution in [3.63, 3.8) is 0 Å². The molecule has 1 atom stereocenters. The van der Waals surface area contributed by atoms with Crippen molar-refractivity contribution in [2.24, 2.45) is 0 Å². The van der Waals surface area contributed by atoms with Crippen LogP contribution in [0.5, 0.6) is 5.75 Å². The molecule has 2 aliphatic heterocycles. The standard InChI is InChI=1S/C29H29ClN4O5/c1-38-24-6-2-5-22(16-24)28(37)34-25(26(35)32-18-20-4-3-13-31-17-20)19-39-29(34)11-14-33(15-12-29)27(36)21-7-9-23(30)10-8-21/h2-10,13,16-17,25H,11-12,14-15,18-19H2,1H3,(H,32,35)/t25-/m0/s1. The van der Waals surface area contributed by atoms with E-state index in [-0.39, 0.29) is 30.9 Å². The summed E-state index contributed by atoms with van der Waals surface area (Å²) in [4.78, 5) is 47.8. The Labute approximate surface area is 231 Å². The molecule has 3 amide bonds. The summed E-state index contributed by atoms with van der Waals surface area (Å²) in [6, 6.07) is 16.4. The zero-order valence-corrected chi connectivity index (χ0v) is 22.3. The molecular weight excluding hydrogens is 520 g/mol. The van der Waals surface area contributed by atoms with Crippen molar-refractivity contribution in [3.05, 3.63) is 94.8 Å². The van der Waals surface area contributed by atoms with E-state index in [4.69, 9.17) is 21.1 Å². The molecule has 1 spiro atoms. The molecule has 10 heteroatoms. The summed E-state index contributed by atoms with van der Waals surface area (Å²) in [5.74, 6) is -0.219. The number of piperidine rings is 1. The topological polar surface area (TPSA) is 101 Å². The first-order chi connectivity index (χ1) is 18.9. The first kappa shape index (κ1) is 26.6. The largest absolute Gasteiger partial charge is 0.497 e. The Bertz CT molecular complexity index is 1340. The van der Waals surface area contributed by atoms with Crippen LogP contribution < -0.4 is 10.1 Å². The minimum Gasteiger partial charge on any atom is -0.497 e. The molecule has 3 aromatic rings. The van der Waals surface area contributed by atoms with Crippen LogP contribution in [0.1, 0.15) is 39.1 Å². The van der Waals surface area contributed by atoms with Crippen molar-refractivity contribution in [1.82, 2.24) is 20.1 Å². The summed E-state index contributed by atoms with van der Waals surface area (Å²) in [7, 11) is 1.53. The quantitative estimate of drug-likeness (QED) is 0.506. The second-order valence-corrected chi connectivity index (χ2v) is 9.99. The first-order valence-electron chi connectivity index (χ1n) is 12.7. The van der Waals surface area contributed by atoms with E-state index in [2.05, 4.69) is 10.3 Å². The van der Waals surface area contributed by atoms with Crippen LogP contribution in [0.2, 0.25) is 5.02 Å². The molecule has 0 unspecified atom stereocenters. The maximum absolute atomic E-state index is 14.0. The van der Waals surface area contributed by atoms with Gasteiger partial charge in [-0.1, -0.05) is 23.7 Å². The molecule has 0 bridgehead atoms.